The number of ether oxygens (including phenoxy) is 1. The summed E-state index contributed by atoms with van der Waals surface area (Å²) in [5.41, 5.74) is -0.972. The lowest BCUT2D eigenvalue weighted by Gasteiger charge is -2.30. The van der Waals surface area contributed by atoms with Crippen LogP contribution in [0, 0.1) is 5.92 Å². The minimum atomic E-state index is -0.982. The topological polar surface area (TPSA) is 110 Å². The number of carbonyl (C=O) groups is 2. The van der Waals surface area contributed by atoms with E-state index in [4.69, 9.17) is 4.74 Å². The number of hydrogen-bond donors (Lipinski definition) is 2. The van der Waals surface area contributed by atoms with Crippen LogP contribution in [0.4, 0.5) is 0 Å². The zero-order valence-corrected chi connectivity index (χ0v) is 16.1. The molecule has 28 heavy (non-hydrogen) atoms. The van der Waals surface area contributed by atoms with Crippen molar-refractivity contribution in [1.29, 1.82) is 0 Å². The van der Waals surface area contributed by atoms with E-state index in [-0.39, 0.29) is 22.7 Å². The van der Waals surface area contributed by atoms with E-state index < -0.39 is 29.7 Å². The summed E-state index contributed by atoms with van der Waals surface area (Å²) >= 11 is 0. The number of esters is 1. The van der Waals surface area contributed by atoms with Gasteiger partial charge in [0.1, 0.15) is 6.54 Å². The molecule has 1 aliphatic carbocycles. The highest BCUT2D eigenvalue weighted by molar-refractivity contribution is 5.84. The first kappa shape index (κ1) is 19.9. The van der Waals surface area contributed by atoms with Gasteiger partial charge in [-0.1, -0.05) is 31.9 Å². The number of rotatable bonds is 5. The second kappa shape index (κ2) is 8.41. The number of aromatic nitrogens is 2. The highest BCUT2D eigenvalue weighted by atomic mass is 16.5. The van der Waals surface area contributed by atoms with Crippen LogP contribution in [-0.2, 0) is 20.9 Å². The fourth-order valence-electron chi connectivity index (χ4n) is 3.61. The molecule has 1 aliphatic rings. The third-order valence-corrected chi connectivity index (χ3v) is 5.29. The van der Waals surface area contributed by atoms with Gasteiger partial charge in [0.25, 0.3) is 17.0 Å². The van der Waals surface area contributed by atoms with E-state index in [1.165, 1.54) is 19.1 Å². The van der Waals surface area contributed by atoms with Crippen molar-refractivity contribution >= 4 is 22.6 Å². The van der Waals surface area contributed by atoms with Gasteiger partial charge in [-0.3, -0.25) is 24.3 Å². The van der Waals surface area contributed by atoms with E-state index in [0.29, 0.717) is 5.92 Å². The number of amides is 1. The Hall–Kier alpha value is -2.90. The third kappa shape index (κ3) is 4.32. The Kier molecular flexibility index (Phi) is 5.96. The summed E-state index contributed by atoms with van der Waals surface area (Å²) in [6.45, 7) is 3.12. The van der Waals surface area contributed by atoms with Crippen LogP contribution in [0.2, 0.25) is 0 Å². The Morgan fingerprint density at radius 2 is 1.89 bits per heavy atom. The lowest BCUT2D eigenvalue weighted by atomic mass is 9.86. The molecule has 0 saturated heterocycles. The van der Waals surface area contributed by atoms with Crippen molar-refractivity contribution in [2.45, 2.75) is 58.2 Å². The number of H-pyrrole nitrogens is 1. The van der Waals surface area contributed by atoms with Crippen molar-refractivity contribution in [2.24, 2.45) is 5.92 Å². The molecule has 1 heterocycles. The highest BCUT2D eigenvalue weighted by Gasteiger charge is 2.26. The van der Waals surface area contributed by atoms with E-state index in [2.05, 4.69) is 17.3 Å². The molecular formula is C20H25N3O5. The molecule has 150 valence electrons. The largest absolute Gasteiger partial charge is 0.451 e. The second-order valence-corrected chi connectivity index (χ2v) is 7.39. The van der Waals surface area contributed by atoms with Gasteiger partial charge >= 0.3 is 5.97 Å². The zero-order valence-electron chi connectivity index (χ0n) is 16.1. The van der Waals surface area contributed by atoms with Gasteiger partial charge in [-0.25, -0.2) is 4.68 Å². The molecule has 2 N–H and O–H groups in total. The van der Waals surface area contributed by atoms with Crippen LogP contribution >= 0.6 is 0 Å². The van der Waals surface area contributed by atoms with Gasteiger partial charge in [0.05, 0.1) is 10.8 Å². The summed E-state index contributed by atoms with van der Waals surface area (Å²) < 4.78 is 6.07. The smallest absolute Gasteiger partial charge is 0.328 e. The number of nitrogens with zero attached hydrogens (tertiary/aromatic N) is 1. The Morgan fingerprint density at radius 3 is 2.61 bits per heavy atom. The lowest BCUT2D eigenvalue weighted by molar-refractivity contribution is -0.156. The average Bonchev–Trinajstić information content (AvgIpc) is 2.67. The molecule has 0 bridgehead atoms. The number of nitrogens with one attached hydrogen (secondary N) is 2. The van der Waals surface area contributed by atoms with E-state index in [1.807, 2.05) is 0 Å². The standard InChI is InChI=1S/C20H25N3O5/c1-12-7-3-6-10-16(12)21-18(25)13(2)28-17(24)11-23-20(27)15-9-5-4-8-14(15)19(26)22-23/h4-5,8-9,12-13,16H,3,6-7,10-11H2,1-2H3,(H,21,25)(H,22,26)/t12-,13-,16-/m1/s1. The Balaban J connectivity index is 1.64. The Morgan fingerprint density at radius 1 is 1.21 bits per heavy atom. The molecule has 1 saturated carbocycles. The third-order valence-electron chi connectivity index (χ3n) is 5.29. The normalized spacial score (nSPS) is 20.5. The van der Waals surface area contributed by atoms with Crippen molar-refractivity contribution in [3.8, 4) is 0 Å². The molecule has 3 rings (SSSR count). The van der Waals surface area contributed by atoms with Crippen molar-refractivity contribution < 1.29 is 14.3 Å². The number of benzene rings is 1. The second-order valence-electron chi connectivity index (χ2n) is 7.39. The first-order chi connectivity index (χ1) is 13.4. The van der Waals surface area contributed by atoms with E-state index in [1.54, 1.807) is 12.1 Å². The number of fused-ring (bicyclic) bond motifs is 1. The molecule has 1 fully saturated rings. The fraction of sp³-hybridized carbons (Fsp3) is 0.500. The first-order valence-corrected chi connectivity index (χ1v) is 9.58. The van der Waals surface area contributed by atoms with Crippen LogP contribution in [0.5, 0.6) is 0 Å². The minimum Gasteiger partial charge on any atom is -0.451 e. The maximum Gasteiger partial charge on any atom is 0.328 e. The summed E-state index contributed by atoms with van der Waals surface area (Å²) in [5, 5.41) is 5.79. The highest BCUT2D eigenvalue weighted by Crippen LogP contribution is 2.23. The van der Waals surface area contributed by atoms with Crippen molar-refractivity contribution in [2.75, 3.05) is 0 Å². The molecule has 0 radical (unpaired) electrons. The molecular weight excluding hydrogens is 362 g/mol. The van der Waals surface area contributed by atoms with Crippen LogP contribution in [0.3, 0.4) is 0 Å². The quantitative estimate of drug-likeness (QED) is 0.752. The number of hydrogen-bond acceptors (Lipinski definition) is 5. The van der Waals surface area contributed by atoms with Gasteiger partial charge in [-0.05, 0) is 37.8 Å². The number of aromatic amines is 1. The maximum atomic E-state index is 12.4. The fourth-order valence-corrected chi connectivity index (χ4v) is 3.61. The van der Waals surface area contributed by atoms with Gasteiger partial charge in [0.15, 0.2) is 6.10 Å². The van der Waals surface area contributed by atoms with Crippen molar-refractivity contribution in [3.05, 3.63) is 45.0 Å². The predicted molar refractivity (Wildman–Crippen MR) is 104 cm³/mol. The van der Waals surface area contributed by atoms with Gasteiger partial charge in [0.2, 0.25) is 0 Å². The monoisotopic (exact) mass is 387 g/mol. The molecule has 1 aromatic heterocycles. The van der Waals surface area contributed by atoms with Crippen molar-refractivity contribution in [1.82, 2.24) is 15.1 Å². The summed E-state index contributed by atoms with van der Waals surface area (Å²) in [6.07, 6.45) is 3.24. The molecule has 0 unspecified atom stereocenters. The molecule has 1 amide bonds. The average molecular weight is 387 g/mol. The van der Waals surface area contributed by atoms with Crippen LogP contribution in [-0.4, -0.2) is 33.8 Å². The van der Waals surface area contributed by atoms with Crippen LogP contribution in [0.1, 0.15) is 39.5 Å². The van der Waals surface area contributed by atoms with Gasteiger partial charge in [-0.15, -0.1) is 0 Å². The van der Waals surface area contributed by atoms with Crippen LogP contribution < -0.4 is 16.4 Å². The van der Waals surface area contributed by atoms with E-state index >= 15 is 0 Å². The molecule has 3 atom stereocenters. The molecule has 8 nitrogen and oxygen atoms in total. The summed E-state index contributed by atoms with van der Waals surface area (Å²) in [5.74, 6) is -0.735. The summed E-state index contributed by atoms with van der Waals surface area (Å²) in [7, 11) is 0. The van der Waals surface area contributed by atoms with Crippen LogP contribution in [0.25, 0.3) is 10.8 Å². The van der Waals surface area contributed by atoms with E-state index in [9.17, 15) is 19.2 Å². The van der Waals surface area contributed by atoms with Gasteiger partial charge < -0.3 is 10.1 Å². The van der Waals surface area contributed by atoms with Gasteiger partial charge in [0, 0.05) is 6.04 Å². The molecule has 0 aliphatic heterocycles. The molecule has 2 aromatic rings. The molecule has 8 heteroatoms. The molecule has 0 spiro atoms. The Labute approximate surface area is 161 Å². The zero-order chi connectivity index (χ0) is 20.3. The predicted octanol–water partition coefficient (Wildman–Crippen LogP) is 1.32. The SMILES string of the molecule is C[C@@H]1CCCC[C@H]1NC(=O)[C@@H](C)OC(=O)Cn1[nH]c(=O)c2ccccc2c1=O. The minimum absolute atomic E-state index is 0.0851. The maximum absolute atomic E-state index is 12.4. The summed E-state index contributed by atoms with van der Waals surface area (Å²) in [4.78, 5) is 49.1. The Bertz CT molecular complexity index is 993. The van der Waals surface area contributed by atoms with Gasteiger partial charge in [-0.2, -0.15) is 0 Å². The van der Waals surface area contributed by atoms with E-state index in [0.717, 1.165) is 30.4 Å². The number of carbonyl (C=O) groups excluding carboxylic acids is 2. The molecule has 1 aromatic carbocycles. The van der Waals surface area contributed by atoms with Crippen molar-refractivity contribution in [3.63, 3.8) is 0 Å². The lowest BCUT2D eigenvalue weighted by Crippen LogP contribution is -2.46. The first-order valence-electron chi connectivity index (χ1n) is 9.58. The van der Waals surface area contributed by atoms with Crippen LogP contribution in [0.15, 0.2) is 33.9 Å². The summed E-state index contributed by atoms with van der Waals surface area (Å²) in [6, 6.07) is 6.45.